The van der Waals surface area contributed by atoms with Gasteiger partial charge in [0.2, 0.25) is 0 Å². The first-order chi connectivity index (χ1) is 15.0. The molecule has 0 saturated heterocycles. The molecule has 0 atom stereocenters. The first kappa shape index (κ1) is 23.9. The minimum atomic E-state index is -0.372. The van der Waals surface area contributed by atoms with Gasteiger partial charge in [0.05, 0.1) is 17.9 Å². The highest BCUT2D eigenvalue weighted by Crippen LogP contribution is 2.35. The molecule has 0 fully saturated rings. The maximum atomic E-state index is 13.2. The number of nitrogens with two attached hydrogens (primary N) is 1. The molecule has 1 amide bonds. The molecule has 3 aromatic rings. The molecule has 0 aliphatic heterocycles. The predicted molar refractivity (Wildman–Crippen MR) is 132 cm³/mol. The van der Waals surface area contributed by atoms with Crippen molar-refractivity contribution in [1.82, 2.24) is 0 Å². The number of rotatable bonds is 8. The molecule has 3 aromatic carbocycles. The van der Waals surface area contributed by atoms with Gasteiger partial charge in [-0.15, -0.1) is 0 Å². The number of phenols is 1. The van der Waals surface area contributed by atoms with E-state index in [0.717, 1.165) is 17.2 Å². The van der Waals surface area contributed by atoms with Gasteiger partial charge in [0.25, 0.3) is 5.91 Å². The summed E-state index contributed by atoms with van der Waals surface area (Å²) in [7, 11) is 0. The number of fused-ring (bicyclic) bond motifs is 1. The Bertz CT molecular complexity index is 1130. The van der Waals surface area contributed by atoms with Crippen LogP contribution in [0, 0.1) is 10.8 Å². The van der Waals surface area contributed by atoms with Crippen LogP contribution in [0.1, 0.15) is 44.5 Å². The van der Waals surface area contributed by atoms with Gasteiger partial charge in [0.15, 0.2) is 0 Å². The molecule has 0 aliphatic rings. The number of ether oxygens (including phenoxy) is 1. The number of hydrogen-bond acceptors (Lipinski definition) is 4. The van der Waals surface area contributed by atoms with E-state index in [-0.39, 0.29) is 28.2 Å². The van der Waals surface area contributed by atoms with Crippen LogP contribution >= 0.6 is 11.6 Å². The lowest BCUT2D eigenvalue weighted by Crippen LogP contribution is -2.33. The van der Waals surface area contributed by atoms with Crippen LogP contribution in [-0.2, 0) is 0 Å². The van der Waals surface area contributed by atoms with Gasteiger partial charge in [-0.1, -0.05) is 63.6 Å². The Morgan fingerprint density at radius 3 is 2.31 bits per heavy atom. The van der Waals surface area contributed by atoms with Crippen LogP contribution in [0.4, 0.5) is 5.69 Å². The molecule has 0 saturated carbocycles. The van der Waals surface area contributed by atoms with Crippen LogP contribution in [0.25, 0.3) is 10.8 Å². The van der Waals surface area contributed by atoms with Gasteiger partial charge >= 0.3 is 0 Å². The fourth-order valence-electron chi connectivity index (χ4n) is 4.01. The lowest BCUT2D eigenvalue weighted by atomic mass is 9.75. The summed E-state index contributed by atoms with van der Waals surface area (Å²) in [5, 5.41) is 15.2. The Kier molecular flexibility index (Phi) is 7.01. The lowest BCUT2D eigenvalue weighted by Gasteiger charge is -2.34. The van der Waals surface area contributed by atoms with Crippen molar-refractivity contribution in [3.63, 3.8) is 0 Å². The van der Waals surface area contributed by atoms with E-state index in [9.17, 15) is 9.90 Å². The standard InChI is InChI=1S/C26H31ClN2O3/c1-25(2,15-28)14-26(3,4)16-32-23-12-18-8-6-5-7-17(18)11-20(23)24(31)29-21-10-9-19(27)13-22(21)30/h5-13,30H,14-16,28H2,1-4H3,(H,29,31). The van der Waals surface area contributed by atoms with E-state index >= 15 is 0 Å². The first-order valence-electron chi connectivity index (χ1n) is 10.7. The van der Waals surface area contributed by atoms with E-state index in [2.05, 4.69) is 33.0 Å². The van der Waals surface area contributed by atoms with Crippen LogP contribution < -0.4 is 15.8 Å². The molecule has 5 nitrogen and oxygen atoms in total. The predicted octanol–water partition coefficient (Wildman–Crippen LogP) is 6.23. The van der Waals surface area contributed by atoms with Crippen LogP contribution in [0.5, 0.6) is 11.5 Å². The van der Waals surface area contributed by atoms with Crippen molar-refractivity contribution in [2.24, 2.45) is 16.6 Å². The maximum absolute atomic E-state index is 13.2. The highest BCUT2D eigenvalue weighted by molar-refractivity contribution is 6.30. The quantitative estimate of drug-likeness (QED) is 0.352. The first-order valence-corrected chi connectivity index (χ1v) is 11.0. The summed E-state index contributed by atoms with van der Waals surface area (Å²) in [6.45, 7) is 9.57. The third-order valence-corrected chi connectivity index (χ3v) is 5.66. The number of nitrogens with one attached hydrogen (secondary N) is 1. The maximum Gasteiger partial charge on any atom is 0.259 e. The number of anilines is 1. The van der Waals surface area contributed by atoms with Crippen molar-refractivity contribution < 1.29 is 14.6 Å². The zero-order valence-corrected chi connectivity index (χ0v) is 19.8. The van der Waals surface area contributed by atoms with Crippen molar-refractivity contribution >= 4 is 34.0 Å². The molecule has 0 radical (unpaired) electrons. The summed E-state index contributed by atoms with van der Waals surface area (Å²) < 4.78 is 6.22. The Morgan fingerprint density at radius 1 is 1.03 bits per heavy atom. The van der Waals surface area contributed by atoms with E-state index < -0.39 is 0 Å². The number of hydrogen-bond donors (Lipinski definition) is 3. The molecule has 0 heterocycles. The van der Waals surface area contributed by atoms with E-state index in [4.69, 9.17) is 22.1 Å². The van der Waals surface area contributed by atoms with Gasteiger partial charge in [-0.2, -0.15) is 0 Å². The van der Waals surface area contributed by atoms with Gasteiger partial charge in [-0.3, -0.25) is 4.79 Å². The number of phenolic OH excluding ortho intramolecular Hbond substituents is 1. The van der Waals surface area contributed by atoms with Crippen LogP contribution in [-0.4, -0.2) is 24.2 Å². The third kappa shape index (κ3) is 5.93. The van der Waals surface area contributed by atoms with Crippen molar-refractivity contribution in [2.75, 3.05) is 18.5 Å². The van der Waals surface area contributed by atoms with Gasteiger partial charge in [-0.05, 0) is 58.8 Å². The fraction of sp³-hybridized carbons (Fsp3) is 0.346. The third-order valence-electron chi connectivity index (χ3n) is 5.43. The number of aromatic hydroxyl groups is 1. The second kappa shape index (κ2) is 9.39. The molecule has 32 heavy (non-hydrogen) atoms. The Hall–Kier alpha value is -2.76. The molecular weight excluding hydrogens is 424 g/mol. The number of carbonyl (C=O) groups excluding carboxylic acids is 1. The Morgan fingerprint density at radius 2 is 1.69 bits per heavy atom. The lowest BCUT2D eigenvalue weighted by molar-refractivity contribution is 0.100. The summed E-state index contributed by atoms with van der Waals surface area (Å²) in [5.41, 5.74) is 6.44. The SMILES string of the molecule is CC(C)(CN)CC(C)(C)COc1cc2ccccc2cc1C(=O)Nc1ccc(Cl)cc1O. The second-order valence-electron chi connectivity index (χ2n) is 9.81. The normalized spacial score (nSPS) is 12.1. The molecule has 0 bridgehead atoms. The number of benzene rings is 3. The van der Waals surface area contributed by atoms with E-state index in [0.29, 0.717) is 29.5 Å². The number of amides is 1. The van der Waals surface area contributed by atoms with Gasteiger partial charge < -0.3 is 20.9 Å². The molecule has 0 spiro atoms. The molecular formula is C26H31ClN2O3. The van der Waals surface area contributed by atoms with Crippen molar-refractivity contribution in [3.8, 4) is 11.5 Å². The topological polar surface area (TPSA) is 84.6 Å². The summed E-state index contributed by atoms with van der Waals surface area (Å²) in [6.07, 6.45) is 0.879. The minimum absolute atomic E-state index is 0.0113. The zero-order valence-electron chi connectivity index (χ0n) is 19.0. The monoisotopic (exact) mass is 454 g/mol. The summed E-state index contributed by atoms with van der Waals surface area (Å²) >= 11 is 5.90. The highest BCUT2D eigenvalue weighted by atomic mass is 35.5. The van der Waals surface area contributed by atoms with Crippen LogP contribution in [0.2, 0.25) is 5.02 Å². The van der Waals surface area contributed by atoms with E-state index in [1.165, 1.54) is 6.07 Å². The molecule has 0 aromatic heterocycles. The Labute approximate surface area is 194 Å². The molecule has 6 heteroatoms. The number of carbonyl (C=O) groups is 1. The van der Waals surface area contributed by atoms with E-state index in [1.54, 1.807) is 12.1 Å². The van der Waals surface area contributed by atoms with Crippen molar-refractivity contribution in [1.29, 1.82) is 0 Å². The summed E-state index contributed by atoms with van der Waals surface area (Å²) in [4.78, 5) is 13.2. The molecule has 0 aliphatic carbocycles. The molecule has 3 rings (SSSR count). The van der Waals surface area contributed by atoms with Gasteiger partial charge in [0.1, 0.15) is 11.5 Å². The summed E-state index contributed by atoms with van der Waals surface area (Å²) in [6, 6.07) is 16.1. The average molecular weight is 455 g/mol. The highest BCUT2D eigenvalue weighted by Gasteiger charge is 2.29. The number of halogens is 1. The zero-order chi connectivity index (χ0) is 23.5. The van der Waals surface area contributed by atoms with Crippen LogP contribution in [0.15, 0.2) is 54.6 Å². The van der Waals surface area contributed by atoms with E-state index in [1.807, 2.05) is 36.4 Å². The molecule has 0 unspecified atom stereocenters. The second-order valence-corrected chi connectivity index (χ2v) is 10.2. The van der Waals surface area contributed by atoms with Gasteiger partial charge in [-0.25, -0.2) is 0 Å². The summed E-state index contributed by atoms with van der Waals surface area (Å²) in [5.74, 6) is 0.0241. The van der Waals surface area contributed by atoms with Gasteiger partial charge in [0, 0.05) is 11.1 Å². The Balaban J connectivity index is 1.91. The largest absolute Gasteiger partial charge is 0.506 e. The van der Waals surface area contributed by atoms with Crippen molar-refractivity contribution in [2.45, 2.75) is 34.1 Å². The van der Waals surface area contributed by atoms with Crippen molar-refractivity contribution in [3.05, 3.63) is 65.2 Å². The van der Waals surface area contributed by atoms with Crippen LogP contribution in [0.3, 0.4) is 0 Å². The average Bonchev–Trinajstić information content (AvgIpc) is 2.73. The molecule has 170 valence electrons. The smallest absolute Gasteiger partial charge is 0.259 e. The minimum Gasteiger partial charge on any atom is -0.506 e. The fourth-order valence-corrected chi connectivity index (χ4v) is 4.17. The molecule has 4 N–H and O–H groups in total.